The Balaban J connectivity index is 1.99. The van der Waals surface area contributed by atoms with Gasteiger partial charge in [-0.2, -0.15) is 0 Å². The molecule has 1 aromatic carbocycles. The first kappa shape index (κ1) is 12.7. The minimum absolute atomic E-state index is 0.129. The van der Waals surface area contributed by atoms with E-state index in [1.807, 2.05) is 37.3 Å². The van der Waals surface area contributed by atoms with Crippen molar-refractivity contribution in [3.05, 3.63) is 58.9 Å². The summed E-state index contributed by atoms with van der Waals surface area (Å²) in [7, 11) is 0. The molecule has 1 aliphatic heterocycles. The maximum absolute atomic E-state index is 11.6. The van der Waals surface area contributed by atoms with Gasteiger partial charge in [-0.05, 0) is 48.5 Å². The molecule has 0 atom stereocenters. The van der Waals surface area contributed by atoms with Gasteiger partial charge in [0.2, 0.25) is 0 Å². The Morgan fingerprint density at radius 1 is 1.25 bits per heavy atom. The zero-order valence-electron chi connectivity index (χ0n) is 10.8. The minimum atomic E-state index is -0.129. The average Bonchev–Trinajstić information content (AvgIpc) is 3.03. The highest BCUT2D eigenvalue weighted by Gasteiger charge is 2.24. The molecule has 3 rings (SSSR count). The predicted octanol–water partition coefficient (Wildman–Crippen LogP) is 4.12. The number of aryl methyl sites for hydroxylation is 1. The molecule has 2 aromatic rings. The van der Waals surface area contributed by atoms with Gasteiger partial charge in [-0.15, -0.1) is 0 Å². The number of carbonyl (C=O) groups excluding carboxylic acids is 1. The molecule has 100 valence electrons. The number of rotatable bonds is 2. The molecule has 0 aliphatic carbocycles. The predicted molar refractivity (Wildman–Crippen MR) is 81.1 cm³/mol. The second kappa shape index (κ2) is 5.38. The van der Waals surface area contributed by atoms with Gasteiger partial charge in [-0.1, -0.05) is 18.2 Å². The van der Waals surface area contributed by atoms with Crippen LogP contribution in [0.2, 0.25) is 0 Å². The van der Waals surface area contributed by atoms with Gasteiger partial charge in [-0.25, -0.2) is 4.99 Å². The van der Waals surface area contributed by atoms with Crippen LogP contribution >= 0.6 is 11.8 Å². The van der Waals surface area contributed by atoms with Crippen LogP contribution in [0.15, 0.2) is 57.0 Å². The van der Waals surface area contributed by atoms with Crippen LogP contribution in [-0.2, 0) is 0 Å². The van der Waals surface area contributed by atoms with E-state index < -0.39 is 0 Å². The van der Waals surface area contributed by atoms with Gasteiger partial charge >= 0.3 is 0 Å². The van der Waals surface area contributed by atoms with Gasteiger partial charge in [-0.3, -0.25) is 4.79 Å². The summed E-state index contributed by atoms with van der Waals surface area (Å²) in [5, 5.41) is 2.63. The second-order valence-electron chi connectivity index (χ2n) is 4.29. The van der Waals surface area contributed by atoms with Crippen molar-refractivity contribution in [2.75, 3.05) is 0 Å². The van der Waals surface area contributed by atoms with Crippen molar-refractivity contribution in [1.82, 2.24) is 5.32 Å². The van der Waals surface area contributed by atoms with Gasteiger partial charge in [0.25, 0.3) is 5.24 Å². The minimum Gasteiger partial charge on any atom is -0.465 e. The van der Waals surface area contributed by atoms with Crippen LogP contribution in [0.4, 0.5) is 10.5 Å². The van der Waals surface area contributed by atoms with Crippen LogP contribution in [0.3, 0.4) is 0 Å². The van der Waals surface area contributed by atoms with E-state index in [1.54, 1.807) is 18.4 Å². The molecule has 4 nitrogen and oxygen atoms in total. The van der Waals surface area contributed by atoms with E-state index in [9.17, 15) is 4.79 Å². The summed E-state index contributed by atoms with van der Waals surface area (Å²) < 4.78 is 5.27. The largest absolute Gasteiger partial charge is 0.465 e. The third kappa shape index (κ3) is 2.67. The van der Waals surface area contributed by atoms with Crippen LogP contribution in [-0.4, -0.2) is 11.1 Å². The van der Waals surface area contributed by atoms with Gasteiger partial charge in [0.1, 0.15) is 11.6 Å². The van der Waals surface area contributed by atoms with Crippen molar-refractivity contribution in [2.45, 2.75) is 6.92 Å². The Morgan fingerprint density at radius 3 is 2.85 bits per heavy atom. The Bertz CT molecular complexity index is 702. The normalized spacial score (nSPS) is 18.8. The third-order valence-corrected chi connectivity index (χ3v) is 3.64. The lowest BCUT2D eigenvalue weighted by Crippen LogP contribution is -2.18. The molecule has 0 spiro atoms. The number of carbonyl (C=O) groups is 1. The molecule has 0 saturated carbocycles. The number of amides is 1. The highest BCUT2D eigenvalue weighted by Crippen LogP contribution is 2.29. The highest BCUT2D eigenvalue weighted by atomic mass is 32.2. The smallest absolute Gasteiger partial charge is 0.289 e. The second-order valence-corrected chi connectivity index (χ2v) is 5.30. The fourth-order valence-corrected chi connectivity index (χ4v) is 2.54. The first-order valence-corrected chi connectivity index (χ1v) is 6.93. The first-order chi connectivity index (χ1) is 9.72. The lowest BCUT2D eigenvalue weighted by atomic mass is 10.2. The topological polar surface area (TPSA) is 54.6 Å². The van der Waals surface area contributed by atoms with E-state index in [2.05, 4.69) is 10.3 Å². The maximum atomic E-state index is 11.6. The van der Waals surface area contributed by atoms with E-state index in [1.165, 1.54) is 0 Å². The first-order valence-electron chi connectivity index (χ1n) is 6.11. The Kier molecular flexibility index (Phi) is 3.43. The molecule has 1 saturated heterocycles. The standard InChI is InChI=1S/C15H12N2O2S/c1-10-5-2-3-7-12(10)16-14-13(20-15(18)17-14)9-11-6-4-8-19-11/h2-9H,1H3,(H,16,17,18)/b13-9-. The van der Waals surface area contributed by atoms with Crippen molar-refractivity contribution in [2.24, 2.45) is 4.99 Å². The number of thioether (sulfide) groups is 1. The van der Waals surface area contributed by atoms with Crippen LogP contribution < -0.4 is 5.32 Å². The fourth-order valence-electron chi connectivity index (χ4n) is 1.82. The number of para-hydroxylation sites is 1. The third-order valence-electron chi connectivity index (χ3n) is 2.82. The zero-order chi connectivity index (χ0) is 13.9. The van der Waals surface area contributed by atoms with E-state index in [0.29, 0.717) is 11.6 Å². The number of nitrogens with zero attached hydrogens (tertiary/aromatic N) is 1. The fraction of sp³-hybridized carbons (Fsp3) is 0.0667. The number of aliphatic imine (C=N–C) groups is 1. The maximum Gasteiger partial charge on any atom is 0.289 e. The zero-order valence-corrected chi connectivity index (χ0v) is 11.6. The summed E-state index contributed by atoms with van der Waals surface area (Å²) >= 11 is 1.12. The summed E-state index contributed by atoms with van der Waals surface area (Å²) in [5.41, 5.74) is 1.90. The van der Waals surface area contributed by atoms with Gasteiger partial charge in [0.05, 0.1) is 16.9 Å². The Morgan fingerprint density at radius 2 is 2.10 bits per heavy atom. The van der Waals surface area contributed by atoms with Crippen molar-refractivity contribution in [3.63, 3.8) is 0 Å². The van der Waals surface area contributed by atoms with E-state index in [4.69, 9.17) is 4.42 Å². The Labute approximate surface area is 120 Å². The van der Waals surface area contributed by atoms with Crippen molar-refractivity contribution < 1.29 is 9.21 Å². The number of hydrogen-bond acceptors (Lipinski definition) is 4. The monoisotopic (exact) mass is 284 g/mol. The number of amidine groups is 1. The summed E-state index contributed by atoms with van der Waals surface area (Å²) in [6.07, 6.45) is 3.40. The summed E-state index contributed by atoms with van der Waals surface area (Å²) in [6.45, 7) is 1.99. The summed E-state index contributed by atoms with van der Waals surface area (Å²) in [4.78, 5) is 16.8. The molecular formula is C15H12N2O2S. The highest BCUT2D eigenvalue weighted by molar-refractivity contribution is 8.18. The van der Waals surface area contributed by atoms with Crippen LogP contribution in [0.25, 0.3) is 6.08 Å². The summed E-state index contributed by atoms with van der Waals surface area (Å²) in [6, 6.07) is 11.4. The van der Waals surface area contributed by atoms with Crippen LogP contribution in [0.1, 0.15) is 11.3 Å². The molecule has 1 N–H and O–H groups in total. The molecule has 1 aromatic heterocycles. The number of furan rings is 1. The molecule has 1 amide bonds. The molecular weight excluding hydrogens is 272 g/mol. The van der Waals surface area contributed by atoms with Crippen molar-refractivity contribution in [3.8, 4) is 0 Å². The number of benzene rings is 1. The lowest BCUT2D eigenvalue weighted by molar-refractivity contribution is 0.265. The SMILES string of the molecule is Cc1ccccc1N=C1NC(=O)S/C1=C\c1ccco1. The van der Waals surface area contributed by atoms with Gasteiger partial charge in [0.15, 0.2) is 0 Å². The molecule has 20 heavy (non-hydrogen) atoms. The molecule has 1 aliphatic rings. The molecule has 5 heteroatoms. The van der Waals surface area contributed by atoms with Gasteiger partial charge < -0.3 is 9.73 Å². The van der Waals surface area contributed by atoms with E-state index >= 15 is 0 Å². The molecule has 0 radical (unpaired) electrons. The summed E-state index contributed by atoms with van der Waals surface area (Å²) in [5.74, 6) is 1.26. The van der Waals surface area contributed by atoms with Crippen LogP contribution in [0.5, 0.6) is 0 Å². The average molecular weight is 284 g/mol. The molecule has 0 bridgehead atoms. The molecule has 2 heterocycles. The van der Waals surface area contributed by atoms with E-state index in [0.717, 1.165) is 27.9 Å². The van der Waals surface area contributed by atoms with Crippen molar-refractivity contribution >= 4 is 34.6 Å². The van der Waals surface area contributed by atoms with Crippen molar-refractivity contribution in [1.29, 1.82) is 0 Å². The lowest BCUT2D eigenvalue weighted by Gasteiger charge is -2.01. The van der Waals surface area contributed by atoms with E-state index in [-0.39, 0.29) is 5.24 Å². The Hall–Kier alpha value is -2.27. The number of nitrogens with one attached hydrogen (secondary N) is 1. The van der Waals surface area contributed by atoms with Crippen LogP contribution in [0, 0.1) is 6.92 Å². The molecule has 0 unspecified atom stereocenters. The number of hydrogen-bond donors (Lipinski definition) is 1. The quantitative estimate of drug-likeness (QED) is 0.902. The molecule has 1 fully saturated rings. The van der Waals surface area contributed by atoms with Gasteiger partial charge in [0, 0.05) is 0 Å².